The molecule has 0 aliphatic heterocycles. The van der Waals surface area contributed by atoms with Crippen LogP contribution >= 0.6 is 0 Å². The molecule has 0 saturated carbocycles. The highest BCUT2D eigenvalue weighted by molar-refractivity contribution is 5.94. The molecule has 3 aromatic carbocycles. The Hall–Kier alpha value is -4.86. The second-order valence-corrected chi connectivity index (χ2v) is 8.15. The number of phenolic OH excluding ortho intramolecular Hbond substituents is 1. The smallest absolute Gasteiger partial charge is 0.271 e. The first-order valence-corrected chi connectivity index (χ1v) is 11.5. The number of nitrogens with zero attached hydrogens (tertiary/aromatic N) is 3. The van der Waals surface area contributed by atoms with Crippen molar-refractivity contribution in [3.8, 4) is 5.75 Å². The van der Waals surface area contributed by atoms with Crippen LogP contribution in [-0.4, -0.2) is 42.1 Å². The number of rotatable bonds is 9. The predicted molar refractivity (Wildman–Crippen MR) is 140 cm³/mol. The van der Waals surface area contributed by atoms with Crippen molar-refractivity contribution in [3.05, 3.63) is 89.0 Å². The normalized spacial score (nSPS) is 11.9. The van der Waals surface area contributed by atoms with E-state index in [2.05, 4.69) is 31.4 Å². The quantitative estimate of drug-likeness (QED) is 0.202. The van der Waals surface area contributed by atoms with Gasteiger partial charge in [-0.3, -0.25) is 14.4 Å². The minimum Gasteiger partial charge on any atom is -0.506 e. The third-order valence-electron chi connectivity index (χ3n) is 5.46. The van der Waals surface area contributed by atoms with Gasteiger partial charge in [0.15, 0.2) is 0 Å². The van der Waals surface area contributed by atoms with Crippen LogP contribution in [0, 0.1) is 6.92 Å². The van der Waals surface area contributed by atoms with Gasteiger partial charge in [-0.1, -0.05) is 36.4 Å². The minimum atomic E-state index is -0.762. The van der Waals surface area contributed by atoms with Gasteiger partial charge in [0.05, 0.1) is 11.9 Å². The van der Waals surface area contributed by atoms with Crippen molar-refractivity contribution in [1.29, 1.82) is 0 Å². The summed E-state index contributed by atoms with van der Waals surface area (Å²) >= 11 is 0. The third-order valence-corrected chi connectivity index (χ3v) is 5.46. The van der Waals surface area contributed by atoms with Gasteiger partial charge in [0, 0.05) is 26.0 Å². The lowest BCUT2D eigenvalue weighted by molar-refractivity contribution is -0.127. The van der Waals surface area contributed by atoms with Gasteiger partial charge in [0.25, 0.3) is 5.91 Å². The Balaban J connectivity index is 1.69. The molecule has 0 aromatic heterocycles. The van der Waals surface area contributed by atoms with Crippen molar-refractivity contribution in [1.82, 2.24) is 16.1 Å². The Morgan fingerprint density at radius 2 is 1.68 bits per heavy atom. The molecule has 0 heterocycles. The van der Waals surface area contributed by atoms with E-state index in [0.29, 0.717) is 16.8 Å². The summed E-state index contributed by atoms with van der Waals surface area (Å²) in [5.74, 6) is -1.01. The number of hydrogen-bond donors (Lipinski definition) is 4. The molecule has 1 atom stereocenters. The summed E-state index contributed by atoms with van der Waals surface area (Å²) in [6, 6.07) is 18.1. The van der Waals surface area contributed by atoms with Crippen molar-refractivity contribution in [2.75, 3.05) is 7.05 Å². The van der Waals surface area contributed by atoms with Crippen LogP contribution in [0.2, 0.25) is 0 Å². The SMILES string of the molecule is CNC(=O)[C@H](Cc1ccc(O)c(N=Nc2ccc(/C=N\NC(=O)c3ccccc3)cc2)c1C)NC(C)=O. The molecule has 190 valence electrons. The van der Waals surface area contributed by atoms with Gasteiger partial charge < -0.3 is 15.7 Å². The van der Waals surface area contributed by atoms with E-state index in [0.717, 1.165) is 11.1 Å². The molecule has 3 amide bonds. The van der Waals surface area contributed by atoms with Gasteiger partial charge in [-0.25, -0.2) is 5.43 Å². The van der Waals surface area contributed by atoms with Crippen LogP contribution in [-0.2, 0) is 16.0 Å². The lowest BCUT2D eigenvalue weighted by Gasteiger charge is -2.18. The number of nitrogens with one attached hydrogen (secondary N) is 3. The number of carbonyl (C=O) groups is 3. The van der Waals surface area contributed by atoms with Crippen molar-refractivity contribution in [2.24, 2.45) is 15.3 Å². The Bertz CT molecular complexity index is 1320. The van der Waals surface area contributed by atoms with Gasteiger partial charge in [0.2, 0.25) is 11.8 Å². The first-order valence-electron chi connectivity index (χ1n) is 11.5. The number of carbonyl (C=O) groups excluding carboxylic acids is 3. The van der Waals surface area contributed by atoms with Gasteiger partial charge in [-0.05, 0) is 53.9 Å². The van der Waals surface area contributed by atoms with Gasteiger partial charge in [-0.2, -0.15) is 10.2 Å². The van der Waals surface area contributed by atoms with Gasteiger partial charge >= 0.3 is 0 Å². The number of phenols is 1. The van der Waals surface area contributed by atoms with Crippen LogP contribution in [0.5, 0.6) is 5.75 Å². The van der Waals surface area contributed by atoms with Crippen molar-refractivity contribution in [3.63, 3.8) is 0 Å². The summed E-state index contributed by atoms with van der Waals surface area (Å²) < 4.78 is 0. The maximum atomic E-state index is 12.2. The number of hydrazone groups is 1. The number of amides is 3. The molecule has 3 aromatic rings. The number of azo groups is 1. The molecular formula is C27H28N6O4. The molecule has 10 nitrogen and oxygen atoms in total. The fourth-order valence-electron chi connectivity index (χ4n) is 3.48. The van der Waals surface area contributed by atoms with Crippen molar-refractivity contribution < 1.29 is 19.5 Å². The number of aromatic hydroxyl groups is 1. The zero-order valence-electron chi connectivity index (χ0n) is 20.7. The van der Waals surface area contributed by atoms with E-state index in [9.17, 15) is 19.5 Å². The molecule has 0 radical (unpaired) electrons. The van der Waals surface area contributed by atoms with E-state index < -0.39 is 6.04 Å². The fraction of sp³-hybridized carbons (Fsp3) is 0.185. The average Bonchev–Trinajstić information content (AvgIpc) is 2.90. The van der Waals surface area contributed by atoms with Crippen LogP contribution in [0.1, 0.15) is 34.0 Å². The molecular weight excluding hydrogens is 472 g/mol. The minimum absolute atomic E-state index is 0.0565. The first-order chi connectivity index (χ1) is 17.8. The predicted octanol–water partition coefficient (Wildman–Crippen LogP) is 3.67. The third kappa shape index (κ3) is 7.56. The summed E-state index contributed by atoms with van der Waals surface area (Å²) in [7, 11) is 1.50. The van der Waals surface area contributed by atoms with E-state index in [1.807, 2.05) is 6.07 Å². The molecule has 3 rings (SSSR count). The zero-order chi connectivity index (χ0) is 26.8. The van der Waals surface area contributed by atoms with Gasteiger partial charge in [-0.15, -0.1) is 5.11 Å². The summed E-state index contributed by atoms with van der Waals surface area (Å²) in [5, 5.41) is 27.9. The summed E-state index contributed by atoms with van der Waals surface area (Å²) in [5.41, 5.74) is 5.91. The van der Waals surface area contributed by atoms with Crippen LogP contribution < -0.4 is 16.1 Å². The fourth-order valence-corrected chi connectivity index (χ4v) is 3.48. The maximum Gasteiger partial charge on any atom is 0.271 e. The number of benzene rings is 3. The summed E-state index contributed by atoms with van der Waals surface area (Å²) in [6.07, 6.45) is 1.74. The second-order valence-electron chi connectivity index (χ2n) is 8.15. The van der Waals surface area contributed by atoms with Crippen LogP contribution in [0.15, 0.2) is 82.1 Å². The Morgan fingerprint density at radius 3 is 2.32 bits per heavy atom. The van der Waals surface area contributed by atoms with E-state index in [4.69, 9.17) is 0 Å². The molecule has 0 bridgehead atoms. The molecule has 0 aliphatic rings. The van der Waals surface area contributed by atoms with Crippen LogP contribution in [0.25, 0.3) is 0 Å². The standard InChI is InChI=1S/C27H28N6O4/c1-17-21(15-23(27(37)28-3)30-18(2)34)11-14-24(35)25(17)32-31-22-12-9-19(10-13-22)16-29-33-26(36)20-7-5-4-6-8-20/h4-14,16,23,35H,15H2,1-3H3,(H,28,37)(H,30,34)(H,33,36)/b29-16-,32-31?/t23-/m0/s1. The number of likely N-dealkylation sites (N-methyl/N-ethyl adjacent to an activating group) is 1. The maximum absolute atomic E-state index is 12.2. The highest BCUT2D eigenvalue weighted by Gasteiger charge is 2.21. The van der Waals surface area contributed by atoms with Gasteiger partial charge in [0.1, 0.15) is 17.5 Å². The van der Waals surface area contributed by atoms with E-state index >= 15 is 0 Å². The molecule has 37 heavy (non-hydrogen) atoms. The van der Waals surface area contributed by atoms with Crippen molar-refractivity contribution in [2.45, 2.75) is 26.3 Å². The molecule has 0 aliphatic carbocycles. The topological polar surface area (TPSA) is 145 Å². The van der Waals surface area contributed by atoms with Crippen LogP contribution in [0.3, 0.4) is 0 Å². The lowest BCUT2D eigenvalue weighted by Crippen LogP contribution is -2.46. The molecule has 10 heteroatoms. The Morgan fingerprint density at radius 1 is 0.973 bits per heavy atom. The average molecular weight is 501 g/mol. The summed E-state index contributed by atoms with van der Waals surface area (Å²) in [6.45, 7) is 3.11. The van der Waals surface area contributed by atoms with E-state index in [-0.39, 0.29) is 35.6 Å². The van der Waals surface area contributed by atoms with Crippen LogP contribution in [0.4, 0.5) is 11.4 Å². The number of hydrogen-bond acceptors (Lipinski definition) is 7. The monoisotopic (exact) mass is 500 g/mol. The molecule has 4 N–H and O–H groups in total. The Kier molecular flexibility index (Phi) is 9.20. The largest absolute Gasteiger partial charge is 0.506 e. The molecule has 0 spiro atoms. The second kappa shape index (κ2) is 12.7. The van der Waals surface area contributed by atoms with E-state index in [1.165, 1.54) is 26.3 Å². The molecule has 0 fully saturated rings. The molecule has 0 unspecified atom stereocenters. The van der Waals surface area contributed by atoms with E-state index in [1.54, 1.807) is 61.5 Å². The summed E-state index contributed by atoms with van der Waals surface area (Å²) in [4.78, 5) is 35.7. The lowest BCUT2D eigenvalue weighted by atomic mass is 9.98. The zero-order valence-corrected chi connectivity index (χ0v) is 20.7. The Labute approximate surface area is 214 Å². The van der Waals surface area contributed by atoms with Crippen molar-refractivity contribution >= 4 is 35.3 Å². The highest BCUT2D eigenvalue weighted by Crippen LogP contribution is 2.34. The first kappa shape index (κ1) is 26.7. The highest BCUT2D eigenvalue weighted by atomic mass is 16.3. The molecule has 0 saturated heterocycles.